The minimum atomic E-state index is -0.235. The van der Waals surface area contributed by atoms with Gasteiger partial charge in [0.25, 0.3) is 0 Å². The van der Waals surface area contributed by atoms with E-state index in [-0.39, 0.29) is 18.6 Å². The molecule has 0 saturated heterocycles. The molecule has 0 aromatic carbocycles. The molecule has 92 valence electrons. The second-order valence-electron chi connectivity index (χ2n) is 5.60. The van der Waals surface area contributed by atoms with Crippen molar-refractivity contribution in [1.29, 1.82) is 0 Å². The quantitative estimate of drug-likeness (QED) is 0.687. The Balaban J connectivity index is 4.00. The average Bonchev–Trinajstić information content (AvgIpc) is 2.15. The third-order valence-corrected chi connectivity index (χ3v) is 3.10. The summed E-state index contributed by atoms with van der Waals surface area (Å²) >= 11 is 0. The molecule has 0 saturated carbocycles. The second kappa shape index (κ2) is 7.24. The van der Waals surface area contributed by atoms with Gasteiger partial charge in [-0.2, -0.15) is 0 Å². The third kappa shape index (κ3) is 6.16. The molecule has 0 amide bonds. The molecular weight excluding hydrogens is 188 g/mol. The summed E-state index contributed by atoms with van der Waals surface area (Å²) in [5, 5.41) is 19.1. The topological polar surface area (TPSA) is 40.5 Å². The van der Waals surface area contributed by atoms with Crippen LogP contribution in [0.4, 0.5) is 0 Å². The highest BCUT2D eigenvalue weighted by Crippen LogP contribution is 2.24. The Bertz CT molecular complexity index is 157. The van der Waals surface area contributed by atoms with Crippen molar-refractivity contribution in [2.75, 3.05) is 6.61 Å². The number of aliphatic hydroxyl groups is 2. The van der Waals surface area contributed by atoms with Crippen LogP contribution in [-0.2, 0) is 0 Å². The van der Waals surface area contributed by atoms with Gasteiger partial charge in [0.05, 0.1) is 6.10 Å². The van der Waals surface area contributed by atoms with E-state index >= 15 is 0 Å². The molecule has 0 aromatic rings. The monoisotopic (exact) mass is 216 g/mol. The van der Waals surface area contributed by atoms with E-state index in [1.54, 1.807) is 0 Å². The Kier molecular flexibility index (Phi) is 7.20. The first-order valence-electron chi connectivity index (χ1n) is 6.17. The zero-order valence-corrected chi connectivity index (χ0v) is 10.9. The van der Waals surface area contributed by atoms with E-state index in [1.807, 2.05) is 6.92 Å². The molecule has 0 heterocycles. The van der Waals surface area contributed by atoms with E-state index in [1.165, 1.54) is 0 Å². The van der Waals surface area contributed by atoms with E-state index in [4.69, 9.17) is 5.11 Å². The Morgan fingerprint density at radius 2 is 1.33 bits per heavy atom. The van der Waals surface area contributed by atoms with E-state index in [0.717, 1.165) is 12.8 Å². The maximum absolute atomic E-state index is 10.1. The van der Waals surface area contributed by atoms with Crippen LogP contribution in [0.2, 0.25) is 0 Å². The summed E-state index contributed by atoms with van der Waals surface area (Å²) in [6.45, 7) is 10.8. The summed E-state index contributed by atoms with van der Waals surface area (Å²) in [5.74, 6) is 1.56. The van der Waals surface area contributed by atoms with Gasteiger partial charge in [-0.1, -0.05) is 34.6 Å². The van der Waals surface area contributed by atoms with Crippen LogP contribution in [0.15, 0.2) is 0 Å². The summed E-state index contributed by atoms with van der Waals surface area (Å²) in [5.41, 5.74) is 0. The Hall–Kier alpha value is -0.0800. The maximum Gasteiger partial charge on any atom is 0.0591 e. The Morgan fingerprint density at radius 3 is 1.73 bits per heavy atom. The molecule has 15 heavy (non-hydrogen) atoms. The lowest BCUT2D eigenvalue weighted by atomic mass is 9.83. The lowest BCUT2D eigenvalue weighted by Crippen LogP contribution is -2.28. The van der Waals surface area contributed by atoms with Gasteiger partial charge < -0.3 is 10.2 Å². The van der Waals surface area contributed by atoms with Gasteiger partial charge in [-0.3, -0.25) is 0 Å². The van der Waals surface area contributed by atoms with Crippen molar-refractivity contribution in [2.24, 2.45) is 23.7 Å². The van der Waals surface area contributed by atoms with Gasteiger partial charge in [0.15, 0.2) is 0 Å². The molecule has 0 aromatic heterocycles. The van der Waals surface area contributed by atoms with Crippen LogP contribution in [-0.4, -0.2) is 22.9 Å². The first-order valence-corrected chi connectivity index (χ1v) is 6.17. The molecule has 0 bridgehead atoms. The smallest absolute Gasteiger partial charge is 0.0591 e. The van der Waals surface area contributed by atoms with Gasteiger partial charge in [0.1, 0.15) is 0 Å². The van der Waals surface area contributed by atoms with Crippen LogP contribution in [0.1, 0.15) is 47.5 Å². The first-order chi connectivity index (χ1) is 6.88. The zero-order chi connectivity index (χ0) is 12.0. The predicted molar refractivity (Wildman–Crippen MR) is 64.7 cm³/mol. The highest BCUT2D eigenvalue weighted by atomic mass is 16.3. The molecule has 0 aliphatic rings. The fourth-order valence-electron chi connectivity index (χ4n) is 2.29. The Labute approximate surface area is 94.7 Å². The van der Waals surface area contributed by atoms with Crippen LogP contribution < -0.4 is 0 Å². The minimum absolute atomic E-state index is 0.218. The van der Waals surface area contributed by atoms with Crippen LogP contribution in [0, 0.1) is 23.7 Å². The second-order valence-corrected chi connectivity index (χ2v) is 5.60. The van der Waals surface area contributed by atoms with Crippen molar-refractivity contribution < 1.29 is 10.2 Å². The van der Waals surface area contributed by atoms with E-state index < -0.39 is 0 Å². The molecule has 4 atom stereocenters. The number of aliphatic hydroxyl groups excluding tert-OH is 2. The molecule has 4 unspecified atom stereocenters. The van der Waals surface area contributed by atoms with Gasteiger partial charge >= 0.3 is 0 Å². The van der Waals surface area contributed by atoms with Crippen molar-refractivity contribution in [3.05, 3.63) is 0 Å². The van der Waals surface area contributed by atoms with Crippen molar-refractivity contribution in [3.8, 4) is 0 Å². The highest BCUT2D eigenvalue weighted by Gasteiger charge is 2.23. The normalized spacial score (nSPS) is 20.0. The van der Waals surface area contributed by atoms with Gasteiger partial charge in [0.2, 0.25) is 0 Å². The van der Waals surface area contributed by atoms with E-state index in [9.17, 15) is 5.11 Å². The Morgan fingerprint density at radius 1 is 0.867 bits per heavy atom. The molecule has 0 radical (unpaired) electrons. The lowest BCUT2D eigenvalue weighted by Gasteiger charge is -2.27. The molecule has 2 N–H and O–H groups in total. The number of rotatable bonds is 7. The average molecular weight is 216 g/mol. The number of hydrogen-bond donors (Lipinski definition) is 2. The molecular formula is C13H28O2. The molecule has 0 aliphatic heterocycles. The van der Waals surface area contributed by atoms with E-state index in [2.05, 4.69) is 27.7 Å². The minimum Gasteiger partial charge on any atom is -0.396 e. The predicted octanol–water partition coefficient (Wildman–Crippen LogP) is 2.68. The SMILES string of the molecule is CC(C)CC(C)C(O)C(C)CC(C)CO. The van der Waals surface area contributed by atoms with Gasteiger partial charge in [-0.25, -0.2) is 0 Å². The fourth-order valence-corrected chi connectivity index (χ4v) is 2.29. The summed E-state index contributed by atoms with van der Waals surface area (Å²) in [4.78, 5) is 0. The van der Waals surface area contributed by atoms with Crippen LogP contribution in [0.25, 0.3) is 0 Å². The standard InChI is InChI=1S/C13H28O2/c1-9(2)6-11(4)13(15)12(5)7-10(3)8-14/h9-15H,6-8H2,1-5H3. The highest BCUT2D eigenvalue weighted by molar-refractivity contribution is 4.73. The molecule has 0 spiro atoms. The maximum atomic E-state index is 10.1. The summed E-state index contributed by atoms with van der Waals surface area (Å²) < 4.78 is 0. The lowest BCUT2D eigenvalue weighted by molar-refractivity contribution is 0.0419. The largest absolute Gasteiger partial charge is 0.396 e. The zero-order valence-electron chi connectivity index (χ0n) is 10.9. The molecule has 2 nitrogen and oxygen atoms in total. The van der Waals surface area contributed by atoms with Gasteiger partial charge in [0, 0.05) is 6.61 Å². The van der Waals surface area contributed by atoms with Crippen LogP contribution >= 0.6 is 0 Å². The van der Waals surface area contributed by atoms with Crippen molar-refractivity contribution in [3.63, 3.8) is 0 Å². The summed E-state index contributed by atoms with van der Waals surface area (Å²) in [7, 11) is 0. The third-order valence-electron chi connectivity index (χ3n) is 3.10. The van der Waals surface area contributed by atoms with Gasteiger partial charge in [-0.15, -0.1) is 0 Å². The van der Waals surface area contributed by atoms with Crippen molar-refractivity contribution in [2.45, 2.75) is 53.6 Å². The molecule has 0 rings (SSSR count). The van der Waals surface area contributed by atoms with E-state index in [0.29, 0.717) is 17.8 Å². The fraction of sp³-hybridized carbons (Fsp3) is 1.00. The molecule has 0 aliphatic carbocycles. The molecule has 0 fully saturated rings. The van der Waals surface area contributed by atoms with Crippen LogP contribution in [0.5, 0.6) is 0 Å². The first kappa shape index (κ1) is 14.9. The summed E-state index contributed by atoms with van der Waals surface area (Å²) in [6, 6.07) is 0. The van der Waals surface area contributed by atoms with Crippen molar-refractivity contribution in [1.82, 2.24) is 0 Å². The van der Waals surface area contributed by atoms with Crippen LogP contribution in [0.3, 0.4) is 0 Å². The number of hydrogen-bond acceptors (Lipinski definition) is 2. The molecule has 2 heteroatoms. The summed E-state index contributed by atoms with van der Waals surface area (Å²) in [6.07, 6.45) is 1.74. The van der Waals surface area contributed by atoms with Gasteiger partial charge in [-0.05, 0) is 36.5 Å². The van der Waals surface area contributed by atoms with Crippen molar-refractivity contribution >= 4 is 0 Å².